The number of aliphatic hydroxyl groups excluding tert-OH is 1. The molecule has 4 heteroatoms. The summed E-state index contributed by atoms with van der Waals surface area (Å²) in [6.45, 7) is 2.24. The monoisotopic (exact) mass is 223 g/mol. The van der Waals surface area contributed by atoms with E-state index in [0.717, 1.165) is 5.56 Å². The van der Waals surface area contributed by atoms with Crippen molar-refractivity contribution in [3.8, 4) is 0 Å². The molecule has 0 saturated heterocycles. The van der Waals surface area contributed by atoms with Crippen LogP contribution in [0.2, 0.25) is 0 Å². The maximum atomic E-state index is 11.5. The van der Waals surface area contributed by atoms with Gasteiger partial charge >= 0.3 is 5.97 Å². The quantitative estimate of drug-likeness (QED) is 0.584. The Bertz CT molecular complexity index is 363. The van der Waals surface area contributed by atoms with Crippen LogP contribution in [0.3, 0.4) is 0 Å². The molecule has 0 aliphatic carbocycles. The highest BCUT2D eigenvalue weighted by atomic mass is 16.5. The van der Waals surface area contributed by atoms with Crippen molar-refractivity contribution in [1.29, 1.82) is 0 Å². The molecule has 88 valence electrons. The van der Waals surface area contributed by atoms with Crippen LogP contribution in [0, 0.1) is 0 Å². The molecule has 0 atom stereocenters. The van der Waals surface area contributed by atoms with Crippen LogP contribution in [0.1, 0.15) is 29.3 Å². The van der Waals surface area contributed by atoms with Crippen LogP contribution in [0.4, 0.5) is 5.69 Å². The van der Waals surface area contributed by atoms with Crippen molar-refractivity contribution in [3.05, 3.63) is 29.3 Å². The lowest BCUT2D eigenvalue weighted by Gasteiger charge is -2.07. The Labute approximate surface area is 95.0 Å². The summed E-state index contributed by atoms with van der Waals surface area (Å²) in [5.74, 6) is -0.340. The standard InChI is InChI=1S/C12H17NO3/c1-2-16-12(15)10-5-6-11(13)9(8-10)4-3-7-14/h5-6,8,14H,2-4,7,13H2,1H3. The van der Waals surface area contributed by atoms with Gasteiger partial charge in [0.1, 0.15) is 0 Å². The van der Waals surface area contributed by atoms with E-state index in [1.165, 1.54) is 0 Å². The second-order valence-electron chi connectivity index (χ2n) is 3.46. The van der Waals surface area contributed by atoms with E-state index >= 15 is 0 Å². The molecule has 0 spiro atoms. The SMILES string of the molecule is CCOC(=O)c1ccc(N)c(CCCO)c1. The Morgan fingerprint density at radius 3 is 2.88 bits per heavy atom. The molecule has 0 aliphatic rings. The third-order valence-electron chi connectivity index (χ3n) is 2.26. The minimum atomic E-state index is -0.340. The first-order valence-electron chi connectivity index (χ1n) is 5.35. The van der Waals surface area contributed by atoms with Gasteiger partial charge in [-0.15, -0.1) is 0 Å². The second-order valence-corrected chi connectivity index (χ2v) is 3.46. The summed E-state index contributed by atoms with van der Waals surface area (Å²) in [6.07, 6.45) is 1.30. The number of hydrogen-bond donors (Lipinski definition) is 2. The normalized spacial score (nSPS) is 10.1. The van der Waals surface area contributed by atoms with Gasteiger partial charge in [-0.3, -0.25) is 0 Å². The lowest BCUT2D eigenvalue weighted by Crippen LogP contribution is -2.06. The molecule has 4 nitrogen and oxygen atoms in total. The van der Waals surface area contributed by atoms with Gasteiger partial charge in [0.05, 0.1) is 12.2 Å². The van der Waals surface area contributed by atoms with Gasteiger partial charge in [-0.25, -0.2) is 4.79 Å². The number of benzene rings is 1. The van der Waals surface area contributed by atoms with Crippen molar-refractivity contribution in [2.24, 2.45) is 0 Å². The molecule has 1 aromatic rings. The van der Waals surface area contributed by atoms with Gasteiger partial charge < -0.3 is 15.6 Å². The number of carbonyl (C=O) groups excluding carboxylic acids is 1. The van der Waals surface area contributed by atoms with Gasteiger partial charge in [-0.2, -0.15) is 0 Å². The smallest absolute Gasteiger partial charge is 0.338 e. The van der Waals surface area contributed by atoms with Crippen molar-refractivity contribution in [1.82, 2.24) is 0 Å². The summed E-state index contributed by atoms with van der Waals surface area (Å²) >= 11 is 0. The molecule has 0 fully saturated rings. The van der Waals surface area contributed by atoms with E-state index in [0.29, 0.717) is 30.7 Å². The zero-order chi connectivity index (χ0) is 12.0. The molecule has 0 aliphatic heterocycles. The molecule has 3 N–H and O–H groups in total. The summed E-state index contributed by atoms with van der Waals surface area (Å²) in [6, 6.07) is 5.07. The first-order chi connectivity index (χ1) is 7.69. The number of hydrogen-bond acceptors (Lipinski definition) is 4. The average Bonchev–Trinajstić information content (AvgIpc) is 2.28. The van der Waals surface area contributed by atoms with Gasteiger partial charge in [0.25, 0.3) is 0 Å². The predicted molar refractivity (Wildman–Crippen MR) is 62.2 cm³/mol. The molecule has 16 heavy (non-hydrogen) atoms. The number of aliphatic hydroxyl groups is 1. The van der Waals surface area contributed by atoms with E-state index in [2.05, 4.69) is 0 Å². The van der Waals surface area contributed by atoms with Crippen molar-refractivity contribution in [2.45, 2.75) is 19.8 Å². The number of aryl methyl sites for hydroxylation is 1. The maximum Gasteiger partial charge on any atom is 0.338 e. The van der Waals surface area contributed by atoms with Crippen LogP contribution in [0.25, 0.3) is 0 Å². The van der Waals surface area contributed by atoms with Crippen LogP contribution in [0.5, 0.6) is 0 Å². The van der Waals surface area contributed by atoms with E-state index in [-0.39, 0.29) is 12.6 Å². The van der Waals surface area contributed by atoms with E-state index in [4.69, 9.17) is 15.6 Å². The Hall–Kier alpha value is -1.55. The number of esters is 1. The number of nitrogen functional groups attached to an aromatic ring is 1. The van der Waals surface area contributed by atoms with Crippen LogP contribution < -0.4 is 5.73 Å². The number of ether oxygens (including phenoxy) is 1. The van der Waals surface area contributed by atoms with E-state index in [1.54, 1.807) is 25.1 Å². The molecule has 0 heterocycles. The topological polar surface area (TPSA) is 72.5 Å². The lowest BCUT2D eigenvalue weighted by molar-refractivity contribution is 0.0526. The number of nitrogens with two attached hydrogens (primary N) is 1. The molecule has 0 bridgehead atoms. The van der Waals surface area contributed by atoms with Crippen LogP contribution in [-0.2, 0) is 11.2 Å². The summed E-state index contributed by atoms with van der Waals surface area (Å²) < 4.78 is 4.90. The van der Waals surface area contributed by atoms with Gasteiger partial charge in [-0.05, 0) is 43.5 Å². The fraction of sp³-hybridized carbons (Fsp3) is 0.417. The highest BCUT2D eigenvalue weighted by Crippen LogP contribution is 2.16. The lowest BCUT2D eigenvalue weighted by atomic mass is 10.0. The second kappa shape index (κ2) is 6.12. The Balaban J connectivity index is 2.84. The summed E-state index contributed by atoms with van der Waals surface area (Å²) in [5.41, 5.74) is 7.79. The van der Waals surface area contributed by atoms with Crippen LogP contribution >= 0.6 is 0 Å². The zero-order valence-electron chi connectivity index (χ0n) is 9.40. The molecule has 0 amide bonds. The minimum absolute atomic E-state index is 0.114. The van der Waals surface area contributed by atoms with Crippen LogP contribution in [0.15, 0.2) is 18.2 Å². The fourth-order valence-corrected chi connectivity index (χ4v) is 1.43. The van der Waals surface area contributed by atoms with Crippen molar-refractivity contribution >= 4 is 11.7 Å². The minimum Gasteiger partial charge on any atom is -0.462 e. The molecule has 0 aromatic heterocycles. The van der Waals surface area contributed by atoms with E-state index in [9.17, 15) is 4.79 Å². The first-order valence-corrected chi connectivity index (χ1v) is 5.35. The van der Waals surface area contributed by atoms with Gasteiger partial charge in [-0.1, -0.05) is 0 Å². The molecule has 0 radical (unpaired) electrons. The van der Waals surface area contributed by atoms with Gasteiger partial charge in [0, 0.05) is 12.3 Å². The number of anilines is 1. The largest absolute Gasteiger partial charge is 0.462 e. The average molecular weight is 223 g/mol. The van der Waals surface area contributed by atoms with E-state index < -0.39 is 0 Å². The van der Waals surface area contributed by atoms with E-state index in [1.807, 2.05) is 0 Å². The highest BCUT2D eigenvalue weighted by Gasteiger charge is 2.08. The van der Waals surface area contributed by atoms with Crippen molar-refractivity contribution in [2.75, 3.05) is 18.9 Å². The Kier molecular flexibility index (Phi) is 4.79. The summed E-state index contributed by atoms with van der Waals surface area (Å²) in [7, 11) is 0. The molecule has 0 unspecified atom stereocenters. The van der Waals surface area contributed by atoms with Crippen LogP contribution in [-0.4, -0.2) is 24.3 Å². The van der Waals surface area contributed by atoms with Crippen molar-refractivity contribution < 1.29 is 14.6 Å². The molecule has 0 saturated carbocycles. The zero-order valence-corrected chi connectivity index (χ0v) is 9.40. The molecular weight excluding hydrogens is 206 g/mol. The maximum absolute atomic E-state index is 11.5. The highest BCUT2D eigenvalue weighted by molar-refractivity contribution is 5.90. The number of carbonyl (C=O) groups is 1. The summed E-state index contributed by atoms with van der Waals surface area (Å²) in [4.78, 5) is 11.5. The molecule has 1 rings (SSSR count). The fourth-order valence-electron chi connectivity index (χ4n) is 1.43. The molecule has 1 aromatic carbocycles. The third-order valence-corrected chi connectivity index (χ3v) is 2.26. The first kappa shape index (κ1) is 12.5. The Morgan fingerprint density at radius 1 is 1.50 bits per heavy atom. The predicted octanol–water partition coefficient (Wildman–Crippen LogP) is 1.37. The third kappa shape index (κ3) is 3.24. The van der Waals surface area contributed by atoms with Crippen molar-refractivity contribution in [3.63, 3.8) is 0 Å². The van der Waals surface area contributed by atoms with Gasteiger partial charge in [0.2, 0.25) is 0 Å². The Morgan fingerprint density at radius 2 is 2.25 bits per heavy atom. The number of rotatable bonds is 5. The molecular formula is C12H17NO3. The van der Waals surface area contributed by atoms with Gasteiger partial charge in [0.15, 0.2) is 0 Å². The summed E-state index contributed by atoms with van der Waals surface area (Å²) in [5, 5.41) is 8.75.